The molecule has 0 atom stereocenters. The minimum atomic E-state index is 0.731. The van der Waals surface area contributed by atoms with Crippen LogP contribution in [0.15, 0.2) is 36.4 Å². The van der Waals surface area contributed by atoms with Gasteiger partial charge in [0.15, 0.2) is 0 Å². The summed E-state index contributed by atoms with van der Waals surface area (Å²) in [6, 6.07) is 8.91. The van der Waals surface area contributed by atoms with Crippen LogP contribution in [0.4, 0.5) is 0 Å². The Morgan fingerprint density at radius 2 is 1.39 bits per heavy atom. The predicted octanol–water partition coefficient (Wildman–Crippen LogP) is 8.32. The molecule has 0 saturated heterocycles. The van der Waals surface area contributed by atoms with Gasteiger partial charge in [-0.1, -0.05) is 50.5 Å². The van der Waals surface area contributed by atoms with Crippen molar-refractivity contribution in [2.45, 2.75) is 96.3 Å². The van der Waals surface area contributed by atoms with Gasteiger partial charge >= 0.3 is 0 Å². The fourth-order valence-electron chi connectivity index (χ4n) is 5.50. The first-order valence-electron chi connectivity index (χ1n) is 13.2. The summed E-state index contributed by atoms with van der Waals surface area (Å²) in [6.07, 6.45) is 22.7. The topological polar surface area (TPSA) is 18.5 Å². The van der Waals surface area contributed by atoms with Crippen LogP contribution in [0.1, 0.15) is 102 Å². The Kier molecular flexibility index (Phi) is 11.0. The van der Waals surface area contributed by atoms with Gasteiger partial charge in [0, 0.05) is 13.7 Å². The Balaban J connectivity index is 1.33. The van der Waals surface area contributed by atoms with Gasteiger partial charge in [0.2, 0.25) is 0 Å². The maximum absolute atomic E-state index is 5.86. The first-order chi connectivity index (χ1) is 15.3. The molecule has 2 fully saturated rings. The summed E-state index contributed by atoms with van der Waals surface area (Å²) < 4.78 is 10.9. The summed E-state index contributed by atoms with van der Waals surface area (Å²) in [5.41, 5.74) is 1.50. The lowest BCUT2D eigenvalue weighted by Gasteiger charge is -2.29. The molecule has 0 heterocycles. The Labute approximate surface area is 191 Å². The normalized spacial score (nSPS) is 26.9. The van der Waals surface area contributed by atoms with Gasteiger partial charge in [-0.05, 0) is 106 Å². The van der Waals surface area contributed by atoms with Gasteiger partial charge in [0.1, 0.15) is 5.75 Å². The molecule has 0 aromatic heterocycles. The van der Waals surface area contributed by atoms with E-state index in [0.29, 0.717) is 0 Å². The molecule has 0 N–H and O–H groups in total. The molecule has 2 nitrogen and oxygen atoms in total. The van der Waals surface area contributed by atoms with Gasteiger partial charge < -0.3 is 9.47 Å². The number of hydrogen-bond donors (Lipinski definition) is 0. The maximum atomic E-state index is 5.86. The highest BCUT2D eigenvalue weighted by atomic mass is 16.5. The van der Waals surface area contributed by atoms with Crippen molar-refractivity contribution in [3.63, 3.8) is 0 Å². The van der Waals surface area contributed by atoms with E-state index >= 15 is 0 Å². The average molecular weight is 427 g/mol. The quantitative estimate of drug-likeness (QED) is 0.247. The molecule has 0 unspecified atom stereocenters. The van der Waals surface area contributed by atoms with Crippen molar-refractivity contribution in [1.29, 1.82) is 0 Å². The maximum Gasteiger partial charge on any atom is 0.119 e. The van der Waals surface area contributed by atoms with Crippen LogP contribution in [0.25, 0.3) is 0 Å². The molecule has 0 amide bonds. The van der Waals surface area contributed by atoms with Crippen LogP contribution < -0.4 is 4.74 Å². The molecule has 174 valence electrons. The van der Waals surface area contributed by atoms with E-state index in [-0.39, 0.29) is 0 Å². The standard InChI is InChI=1S/C29H46O2/c1-3-4-7-24-8-10-25(11-9-24)12-13-26-14-16-27(17-15-26)28-18-20-29(21-19-28)31-23-6-5-22-30-2/h12-13,18-21,24-27H,3-11,14-17,22-23H2,1-2H3/b13-12+. The van der Waals surface area contributed by atoms with Crippen molar-refractivity contribution >= 4 is 0 Å². The zero-order chi connectivity index (χ0) is 21.7. The number of methoxy groups -OCH3 is 1. The lowest BCUT2D eigenvalue weighted by molar-refractivity contribution is 0.184. The molecule has 3 rings (SSSR count). The molecule has 2 aliphatic carbocycles. The van der Waals surface area contributed by atoms with E-state index in [4.69, 9.17) is 9.47 Å². The summed E-state index contributed by atoms with van der Waals surface area (Å²) in [5, 5.41) is 0. The largest absolute Gasteiger partial charge is 0.494 e. The van der Waals surface area contributed by atoms with Crippen molar-refractivity contribution in [3.05, 3.63) is 42.0 Å². The van der Waals surface area contributed by atoms with Crippen LogP contribution in [0.5, 0.6) is 5.75 Å². The molecule has 1 aromatic rings. The van der Waals surface area contributed by atoms with Gasteiger partial charge in [-0.2, -0.15) is 0 Å². The first kappa shape index (κ1) is 24.4. The molecular weight excluding hydrogens is 380 g/mol. The second-order valence-electron chi connectivity index (χ2n) is 10.0. The van der Waals surface area contributed by atoms with E-state index in [1.807, 2.05) is 0 Å². The van der Waals surface area contributed by atoms with Crippen LogP contribution in [0.2, 0.25) is 0 Å². The number of unbranched alkanes of at least 4 members (excludes halogenated alkanes) is 2. The summed E-state index contributed by atoms with van der Waals surface area (Å²) in [4.78, 5) is 0. The Hall–Kier alpha value is -1.28. The fraction of sp³-hybridized carbons (Fsp3) is 0.724. The molecular formula is C29H46O2. The second-order valence-corrected chi connectivity index (χ2v) is 10.0. The SMILES string of the molecule is CCCCC1CCC(/C=C/C2CCC(c3ccc(OCCCCOC)cc3)CC2)CC1. The monoisotopic (exact) mass is 426 g/mol. The number of benzene rings is 1. The fourth-order valence-corrected chi connectivity index (χ4v) is 5.50. The lowest BCUT2D eigenvalue weighted by atomic mass is 9.77. The molecule has 1 aromatic carbocycles. The summed E-state index contributed by atoms with van der Waals surface area (Å²) in [7, 11) is 1.75. The van der Waals surface area contributed by atoms with Crippen LogP contribution >= 0.6 is 0 Å². The van der Waals surface area contributed by atoms with E-state index in [0.717, 1.165) is 55.5 Å². The van der Waals surface area contributed by atoms with Gasteiger partial charge in [-0.25, -0.2) is 0 Å². The first-order valence-corrected chi connectivity index (χ1v) is 13.2. The van der Waals surface area contributed by atoms with E-state index in [9.17, 15) is 0 Å². The third-order valence-electron chi connectivity index (χ3n) is 7.65. The molecule has 31 heavy (non-hydrogen) atoms. The Bertz CT molecular complexity index is 604. The zero-order valence-corrected chi connectivity index (χ0v) is 20.2. The molecule has 0 radical (unpaired) electrons. The highest BCUT2D eigenvalue weighted by Crippen LogP contribution is 2.38. The summed E-state index contributed by atoms with van der Waals surface area (Å²) in [6.45, 7) is 3.92. The predicted molar refractivity (Wildman–Crippen MR) is 132 cm³/mol. The van der Waals surface area contributed by atoms with Crippen LogP contribution in [-0.2, 0) is 4.74 Å². The van der Waals surface area contributed by atoms with Crippen LogP contribution in [0.3, 0.4) is 0 Å². The molecule has 2 saturated carbocycles. The van der Waals surface area contributed by atoms with E-state index in [2.05, 4.69) is 43.3 Å². The zero-order valence-electron chi connectivity index (χ0n) is 20.2. The number of allylic oxidation sites excluding steroid dienone is 2. The minimum absolute atomic E-state index is 0.731. The highest BCUT2D eigenvalue weighted by molar-refractivity contribution is 5.29. The number of rotatable bonds is 12. The van der Waals surface area contributed by atoms with Crippen molar-refractivity contribution < 1.29 is 9.47 Å². The van der Waals surface area contributed by atoms with Gasteiger partial charge in [-0.15, -0.1) is 0 Å². The molecule has 2 aliphatic rings. The highest BCUT2D eigenvalue weighted by Gasteiger charge is 2.22. The third kappa shape index (κ3) is 8.64. The van der Waals surface area contributed by atoms with E-state index in [1.54, 1.807) is 7.11 Å². The van der Waals surface area contributed by atoms with Crippen molar-refractivity contribution in [2.75, 3.05) is 20.3 Å². The third-order valence-corrected chi connectivity index (χ3v) is 7.65. The summed E-state index contributed by atoms with van der Waals surface area (Å²) >= 11 is 0. The van der Waals surface area contributed by atoms with Gasteiger partial charge in [-0.3, -0.25) is 0 Å². The Morgan fingerprint density at radius 1 is 0.774 bits per heavy atom. The number of hydrogen-bond acceptors (Lipinski definition) is 2. The van der Waals surface area contributed by atoms with Crippen molar-refractivity contribution in [3.8, 4) is 5.75 Å². The molecule has 2 heteroatoms. The van der Waals surface area contributed by atoms with Gasteiger partial charge in [0.25, 0.3) is 0 Å². The van der Waals surface area contributed by atoms with Crippen molar-refractivity contribution in [2.24, 2.45) is 17.8 Å². The molecule has 0 aliphatic heterocycles. The Morgan fingerprint density at radius 3 is 2.00 bits per heavy atom. The molecule has 0 spiro atoms. The summed E-state index contributed by atoms with van der Waals surface area (Å²) in [5.74, 6) is 4.42. The van der Waals surface area contributed by atoms with E-state index in [1.165, 1.54) is 76.2 Å². The van der Waals surface area contributed by atoms with Crippen molar-refractivity contribution in [1.82, 2.24) is 0 Å². The number of ether oxygens (including phenoxy) is 2. The minimum Gasteiger partial charge on any atom is -0.494 e. The lowest BCUT2D eigenvalue weighted by Crippen LogP contribution is -2.14. The van der Waals surface area contributed by atoms with Crippen LogP contribution in [-0.4, -0.2) is 20.3 Å². The average Bonchev–Trinajstić information content (AvgIpc) is 2.83. The second kappa shape index (κ2) is 14.0. The van der Waals surface area contributed by atoms with Crippen LogP contribution in [0, 0.1) is 17.8 Å². The molecule has 0 bridgehead atoms. The van der Waals surface area contributed by atoms with Gasteiger partial charge in [0.05, 0.1) is 6.61 Å². The van der Waals surface area contributed by atoms with E-state index < -0.39 is 0 Å². The smallest absolute Gasteiger partial charge is 0.119 e.